The zero-order chi connectivity index (χ0) is 12.3. The van der Waals surface area contributed by atoms with Crippen LogP contribution in [0.15, 0.2) is 10.5 Å². The van der Waals surface area contributed by atoms with Gasteiger partial charge in [0.2, 0.25) is 5.76 Å². The molecule has 0 aliphatic heterocycles. The lowest BCUT2D eigenvalue weighted by Crippen LogP contribution is -2.22. The third kappa shape index (κ3) is 3.38. The molecule has 0 saturated carbocycles. The van der Waals surface area contributed by atoms with E-state index in [0.717, 1.165) is 18.7 Å². The monoisotopic (exact) mass is 225 g/mol. The lowest BCUT2D eigenvalue weighted by molar-refractivity contribution is 0.0661. The molecule has 4 heteroatoms. The molecule has 1 rings (SSSR count). The third-order valence-electron chi connectivity index (χ3n) is 2.35. The van der Waals surface area contributed by atoms with Crippen molar-refractivity contribution in [1.82, 2.24) is 4.90 Å². The van der Waals surface area contributed by atoms with Crippen molar-refractivity contribution in [1.29, 1.82) is 0 Å². The highest BCUT2D eigenvalue weighted by atomic mass is 16.4. The topological polar surface area (TPSA) is 53.7 Å². The van der Waals surface area contributed by atoms with E-state index >= 15 is 0 Å². The zero-order valence-electron chi connectivity index (χ0n) is 10.3. The number of rotatable bonds is 5. The van der Waals surface area contributed by atoms with Crippen molar-refractivity contribution in [2.24, 2.45) is 5.92 Å². The number of aryl methyl sites for hydroxylation is 1. The second kappa shape index (κ2) is 5.16. The van der Waals surface area contributed by atoms with Gasteiger partial charge in [-0.15, -0.1) is 0 Å². The summed E-state index contributed by atoms with van der Waals surface area (Å²) in [5.74, 6) is 0.287. The van der Waals surface area contributed by atoms with Crippen molar-refractivity contribution in [3.63, 3.8) is 0 Å². The Balaban J connectivity index is 2.70. The number of nitrogens with zero attached hydrogens (tertiary/aromatic N) is 1. The van der Waals surface area contributed by atoms with Crippen LogP contribution in [0, 0.1) is 12.8 Å². The number of aromatic carboxylic acids is 1. The third-order valence-corrected chi connectivity index (χ3v) is 2.35. The molecular weight excluding hydrogens is 206 g/mol. The Labute approximate surface area is 95.9 Å². The van der Waals surface area contributed by atoms with Gasteiger partial charge in [0.05, 0.1) is 0 Å². The highest BCUT2D eigenvalue weighted by molar-refractivity contribution is 5.84. The van der Waals surface area contributed by atoms with Crippen LogP contribution in [0.5, 0.6) is 0 Å². The van der Waals surface area contributed by atoms with Crippen LogP contribution >= 0.6 is 0 Å². The van der Waals surface area contributed by atoms with Crippen molar-refractivity contribution in [2.45, 2.75) is 27.3 Å². The first kappa shape index (κ1) is 12.8. The lowest BCUT2D eigenvalue weighted by Gasteiger charge is -2.18. The fraction of sp³-hybridized carbons (Fsp3) is 0.583. The predicted octanol–water partition coefficient (Wildman–Crippen LogP) is 2.37. The fourth-order valence-corrected chi connectivity index (χ4v) is 1.76. The molecule has 16 heavy (non-hydrogen) atoms. The Morgan fingerprint density at radius 3 is 2.62 bits per heavy atom. The number of hydrogen-bond donors (Lipinski definition) is 1. The number of furan rings is 1. The van der Waals surface area contributed by atoms with Crippen molar-refractivity contribution in [2.75, 3.05) is 13.6 Å². The maximum Gasteiger partial charge on any atom is 0.371 e. The summed E-state index contributed by atoms with van der Waals surface area (Å²) in [6.45, 7) is 7.81. The van der Waals surface area contributed by atoms with E-state index in [2.05, 4.69) is 18.7 Å². The molecular formula is C12H19NO3. The first-order valence-electron chi connectivity index (χ1n) is 5.41. The summed E-state index contributed by atoms with van der Waals surface area (Å²) in [5, 5.41) is 8.79. The van der Waals surface area contributed by atoms with Crippen LogP contribution in [0.4, 0.5) is 0 Å². The molecule has 4 nitrogen and oxygen atoms in total. The molecule has 90 valence electrons. The molecule has 0 fully saturated rings. The second-order valence-corrected chi connectivity index (χ2v) is 4.59. The molecule has 0 unspecified atom stereocenters. The minimum absolute atomic E-state index is 0.0189. The minimum Gasteiger partial charge on any atom is -0.475 e. The Morgan fingerprint density at radius 2 is 2.19 bits per heavy atom. The van der Waals surface area contributed by atoms with Crippen LogP contribution in [0.25, 0.3) is 0 Å². The predicted molar refractivity (Wildman–Crippen MR) is 61.6 cm³/mol. The Hall–Kier alpha value is -1.29. The Morgan fingerprint density at radius 1 is 1.56 bits per heavy atom. The average Bonchev–Trinajstić information content (AvgIpc) is 2.46. The maximum absolute atomic E-state index is 10.7. The average molecular weight is 225 g/mol. The number of carboxylic acids is 1. The largest absolute Gasteiger partial charge is 0.475 e. The molecule has 0 aromatic carbocycles. The molecule has 0 aliphatic carbocycles. The van der Waals surface area contributed by atoms with E-state index < -0.39 is 5.97 Å². The Kier molecular flexibility index (Phi) is 4.12. The van der Waals surface area contributed by atoms with E-state index in [1.54, 1.807) is 13.0 Å². The van der Waals surface area contributed by atoms with Crippen LogP contribution in [-0.2, 0) is 6.54 Å². The smallest absolute Gasteiger partial charge is 0.371 e. The van der Waals surface area contributed by atoms with Crippen LogP contribution < -0.4 is 0 Å². The summed E-state index contributed by atoms with van der Waals surface area (Å²) in [6, 6.07) is 1.61. The zero-order valence-corrected chi connectivity index (χ0v) is 10.3. The van der Waals surface area contributed by atoms with E-state index in [1.165, 1.54) is 0 Å². The molecule has 0 spiro atoms. The molecule has 1 N–H and O–H groups in total. The van der Waals surface area contributed by atoms with Crippen LogP contribution in [0.3, 0.4) is 0 Å². The van der Waals surface area contributed by atoms with E-state index in [4.69, 9.17) is 9.52 Å². The van der Waals surface area contributed by atoms with E-state index in [1.807, 2.05) is 7.05 Å². The summed E-state index contributed by atoms with van der Waals surface area (Å²) in [5.41, 5.74) is 0.945. The van der Waals surface area contributed by atoms with Crippen LogP contribution in [0.1, 0.15) is 35.7 Å². The lowest BCUT2D eigenvalue weighted by atomic mass is 10.2. The van der Waals surface area contributed by atoms with Gasteiger partial charge in [0, 0.05) is 18.7 Å². The number of hydrogen-bond acceptors (Lipinski definition) is 3. The second-order valence-electron chi connectivity index (χ2n) is 4.59. The SMILES string of the molecule is Cc1oc(C(=O)O)cc1CN(C)CC(C)C. The standard InChI is InChI=1S/C12H19NO3/c1-8(2)6-13(4)7-10-5-11(12(14)15)16-9(10)3/h5,8H,6-7H2,1-4H3,(H,14,15). The molecule has 0 saturated heterocycles. The first-order chi connectivity index (χ1) is 7.40. The molecule has 0 bridgehead atoms. The van der Waals surface area contributed by atoms with Gasteiger partial charge in [-0.1, -0.05) is 13.8 Å². The summed E-state index contributed by atoms with van der Waals surface area (Å²) in [4.78, 5) is 12.9. The van der Waals surface area contributed by atoms with Gasteiger partial charge < -0.3 is 14.4 Å². The van der Waals surface area contributed by atoms with Gasteiger partial charge in [0.15, 0.2) is 0 Å². The van der Waals surface area contributed by atoms with Crippen molar-refractivity contribution in [3.05, 3.63) is 23.2 Å². The Bertz CT molecular complexity index is 368. The maximum atomic E-state index is 10.7. The van der Waals surface area contributed by atoms with Crippen molar-refractivity contribution in [3.8, 4) is 0 Å². The summed E-state index contributed by atoms with van der Waals surface area (Å²) >= 11 is 0. The van der Waals surface area contributed by atoms with Crippen molar-refractivity contribution >= 4 is 5.97 Å². The number of carbonyl (C=O) groups is 1. The summed E-state index contributed by atoms with van der Waals surface area (Å²) < 4.78 is 5.16. The van der Waals surface area contributed by atoms with Gasteiger partial charge in [-0.05, 0) is 26.0 Å². The van der Waals surface area contributed by atoms with Crippen LogP contribution in [-0.4, -0.2) is 29.6 Å². The summed E-state index contributed by atoms with van der Waals surface area (Å²) in [6.07, 6.45) is 0. The molecule has 1 heterocycles. The molecule has 1 aromatic heterocycles. The van der Waals surface area contributed by atoms with Gasteiger partial charge in [-0.3, -0.25) is 0 Å². The quantitative estimate of drug-likeness (QED) is 0.835. The highest BCUT2D eigenvalue weighted by Gasteiger charge is 2.14. The van der Waals surface area contributed by atoms with E-state index in [9.17, 15) is 4.79 Å². The van der Waals surface area contributed by atoms with Gasteiger partial charge in [-0.25, -0.2) is 4.79 Å². The van der Waals surface area contributed by atoms with Gasteiger partial charge >= 0.3 is 5.97 Å². The molecule has 0 aliphatic rings. The van der Waals surface area contributed by atoms with E-state index in [0.29, 0.717) is 11.7 Å². The van der Waals surface area contributed by atoms with Gasteiger partial charge in [0.1, 0.15) is 5.76 Å². The fourth-order valence-electron chi connectivity index (χ4n) is 1.76. The van der Waals surface area contributed by atoms with Gasteiger partial charge in [-0.2, -0.15) is 0 Å². The van der Waals surface area contributed by atoms with Gasteiger partial charge in [0.25, 0.3) is 0 Å². The number of carboxylic acid groups (broad SMARTS) is 1. The first-order valence-corrected chi connectivity index (χ1v) is 5.41. The molecule has 0 atom stereocenters. The normalized spacial score (nSPS) is 11.4. The van der Waals surface area contributed by atoms with Crippen LogP contribution in [0.2, 0.25) is 0 Å². The molecule has 0 amide bonds. The highest BCUT2D eigenvalue weighted by Crippen LogP contribution is 2.16. The van der Waals surface area contributed by atoms with E-state index in [-0.39, 0.29) is 5.76 Å². The molecule has 0 radical (unpaired) electrons. The molecule has 1 aromatic rings. The summed E-state index contributed by atoms with van der Waals surface area (Å²) in [7, 11) is 2.02. The minimum atomic E-state index is -1.01. The van der Waals surface area contributed by atoms with Crippen molar-refractivity contribution < 1.29 is 14.3 Å².